The van der Waals surface area contributed by atoms with Crippen molar-refractivity contribution >= 4 is 34.2 Å². The predicted octanol–water partition coefficient (Wildman–Crippen LogP) is 2.39. The van der Waals surface area contributed by atoms with Crippen LogP contribution in [-0.4, -0.2) is 24.2 Å². The average molecular weight is 398 g/mol. The first kappa shape index (κ1) is 15.4. The topological polar surface area (TPSA) is 84.6 Å². The average Bonchev–Trinajstić information content (AvgIpc) is 2.48. The Balaban J connectivity index is 1.82. The van der Waals surface area contributed by atoms with Crippen LogP contribution >= 0.6 is 22.6 Å². The Morgan fingerprint density at radius 3 is 2.76 bits per heavy atom. The van der Waals surface area contributed by atoms with Crippen molar-refractivity contribution in [1.82, 2.24) is 5.32 Å². The van der Waals surface area contributed by atoms with Gasteiger partial charge in [-0.3, -0.25) is 4.79 Å². The van der Waals surface area contributed by atoms with Gasteiger partial charge < -0.3 is 20.9 Å². The monoisotopic (exact) mass is 398 g/mol. The minimum absolute atomic E-state index is 0.0940. The molecule has 0 bridgehead atoms. The molecule has 0 saturated carbocycles. The van der Waals surface area contributed by atoms with Crippen LogP contribution < -0.4 is 15.8 Å². The number of hydrogen-bond donors (Lipinski definition) is 3. The zero-order valence-corrected chi connectivity index (χ0v) is 13.3. The summed E-state index contributed by atoms with van der Waals surface area (Å²) in [5.74, 6) is 0.432. The highest BCUT2D eigenvalue weighted by Crippen LogP contribution is 2.20. The highest BCUT2D eigenvalue weighted by molar-refractivity contribution is 14.1. The highest BCUT2D eigenvalue weighted by atomic mass is 127. The molecule has 0 aliphatic carbocycles. The van der Waals surface area contributed by atoms with Crippen molar-refractivity contribution in [2.75, 3.05) is 18.9 Å². The van der Waals surface area contributed by atoms with Gasteiger partial charge in [0.15, 0.2) is 0 Å². The van der Waals surface area contributed by atoms with Crippen molar-refractivity contribution < 1.29 is 14.6 Å². The summed E-state index contributed by atoms with van der Waals surface area (Å²) in [6, 6.07) is 12.0. The fraction of sp³-hybridized carbons (Fsp3) is 0.133. The van der Waals surface area contributed by atoms with Crippen molar-refractivity contribution in [3.63, 3.8) is 0 Å². The molecule has 1 amide bonds. The Bertz CT molecular complexity index is 647. The molecule has 2 aromatic rings. The third-order valence-electron chi connectivity index (χ3n) is 2.77. The van der Waals surface area contributed by atoms with Gasteiger partial charge in [0.1, 0.15) is 18.1 Å². The Hall–Kier alpha value is -1.96. The lowest BCUT2D eigenvalue weighted by Crippen LogP contribution is -2.28. The molecule has 4 N–H and O–H groups in total. The van der Waals surface area contributed by atoms with Crippen LogP contribution in [0.25, 0.3) is 0 Å². The maximum absolute atomic E-state index is 11.9. The minimum atomic E-state index is -0.258. The molecule has 0 saturated heterocycles. The van der Waals surface area contributed by atoms with Crippen molar-refractivity contribution in [2.45, 2.75) is 0 Å². The first-order chi connectivity index (χ1) is 10.1. The van der Waals surface area contributed by atoms with Crippen LogP contribution in [0.3, 0.4) is 0 Å². The number of anilines is 1. The molecule has 110 valence electrons. The number of nitrogens with two attached hydrogens (primary N) is 1. The van der Waals surface area contributed by atoms with E-state index in [0.29, 0.717) is 33.7 Å². The summed E-state index contributed by atoms with van der Waals surface area (Å²) in [5.41, 5.74) is 6.71. The highest BCUT2D eigenvalue weighted by Gasteiger charge is 2.07. The van der Waals surface area contributed by atoms with E-state index in [0.717, 1.165) is 0 Å². The second-order valence-electron chi connectivity index (χ2n) is 4.31. The van der Waals surface area contributed by atoms with Gasteiger partial charge >= 0.3 is 0 Å². The van der Waals surface area contributed by atoms with E-state index in [1.165, 1.54) is 6.07 Å². The number of hydrogen-bond acceptors (Lipinski definition) is 4. The van der Waals surface area contributed by atoms with E-state index in [9.17, 15) is 9.90 Å². The van der Waals surface area contributed by atoms with Gasteiger partial charge in [-0.2, -0.15) is 0 Å². The van der Waals surface area contributed by atoms with Crippen LogP contribution in [0.2, 0.25) is 0 Å². The van der Waals surface area contributed by atoms with Gasteiger partial charge in [-0.25, -0.2) is 0 Å². The quantitative estimate of drug-likeness (QED) is 0.410. The summed E-state index contributed by atoms with van der Waals surface area (Å²) in [7, 11) is 0. The number of nitrogens with one attached hydrogen (secondary N) is 1. The molecule has 2 rings (SSSR count). The molecule has 0 heterocycles. The Morgan fingerprint density at radius 1 is 1.29 bits per heavy atom. The smallest absolute Gasteiger partial charge is 0.251 e. The molecule has 0 unspecified atom stereocenters. The van der Waals surface area contributed by atoms with E-state index >= 15 is 0 Å². The number of phenolic OH excluding ortho intramolecular Hbond substituents is 1. The van der Waals surface area contributed by atoms with Crippen LogP contribution in [0.1, 0.15) is 10.4 Å². The third-order valence-corrected chi connectivity index (χ3v) is 3.68. The van der Waals surface area contributed by atoms with Gasteiger partial charge in [0.2, 0.25) is 0 Å². The van der Waals surface area contributed by atoms with Crippen LogP contribution in [0.4, 0.5) is 5.69 Å². The second kappa shape index (κ2) is 7.16. The Kier molecular flexibility index (Phi) is 5.26. The summed E-state index contributed by atoms with van der Waals surface area (Å²) in [6.45, 7) is 0.663. The molecule has 0 fully saturated rings. The lowest BCUT2D eigenvalue weighted by atomic mass is 10.2. The summed E-state index contributed by atoms with van der Waals surface area (Å²) in [4.78, 5) is 11.9. The van der Waals surface area contributed by atoms with Gasteiger partial charge in [0.05, 0.1) is 15.8 Å². The molecule has 6 heteroatoms. The van der Waals surface area contributed by atoms with E-state index in [-0.39, 0.29) is 11.7 Å². The largest absolute Gasteiger partial charge is 0.507 e. The van der Waals surface area contributed by atoms with Gasteiger partial charge in [0, 0.05) is 5.56 Å². The molecule has 0 spiro atoms. The Labute approximate surface area is 136 Å². The molecule has 0 aliphatic rings. The number of nitrogen functional groups attached to an aromatic ring is 1. The summed E-state index contributed by atoms with van der Waals surface area (Å²) in [5, 5.41) is 12.3. The first-order valence-electron chi connectivity index (χ1n) is 6.32. The molecular formula is C15H15IN2O3. The van der Waals surface area contributed by atoms with Crippen molar-refractivity contribution in [2.24, 2.45) is 0 Å². The van der Waals surface area contributed by atoms with Crippen LogP contribution in [0.5, 0.6) is 11.5 Å². The number of benzene rings is 2. The van der Waals surface area contributed by atoms with E-state index in [1.54, 1.807) is 24.3 Å². The lowest BCUT2D eigenvalue weighted by Gasteiger charge is -2.09. The van der Waals surface area contributed by atoms with Gasteiger partial charge in [0.25, 0.3) is 5.91 Å². The SMILES string of the molecule is Nc1ccccc1OCCNC(=O)c1ccc(I)c(O)c1. The van der Waals surface area contributed by atoms with E-state index < -0.39 is 0 Å². The van der Waals surface area contributed by atoms with E-state index in [2.05, 4.69) is 5.32 Å². The third kappa shape index (κ3) is 4.25. The number of para-hydroxylation sites is 2. The summed E-state index contributed by atoms with van der Waals surface area (Å²) in [6.07, 6.45) is 0. The number of carbonyl (C=O) groups excluding carboxylic acids is 1. The number of rotatable bonds is 5. The summed E-state index contributed by atoms with van der Waals surface area (Å²) < 4.78 is 6.18. The maximum atomic E-state index is 11.9. The number of amides is 1. The zero-order chi connectivity index (χ0) is 15.2. The summed E-state index contributed by atoms with van der Waals surface area (Å²) >= 11 is 2.00. The molecule has 0 atom stereocenters. The van der Waals surface area contributed by atoms with Crippen molar-refractivity contribution in [1.29, 1.82) is 0 Å². The molecule has 0 aromatic heterocycles. The predicted molar refractivity (Wildman–Crippen MR) is 89.5 cm³/mol. The van der Waals surface area contributed by atoms with Crippen molar-refractivity contribution in [3.8, 4) is 11.5 Å². The standard InChI is InChI=1S/C15H15IN2O3/c16-11-6-5-10(9-13(11)19)15(20)18-7-8-21-14-4-2-1-3-12(14)17/h1-6,9,19H,7-8,17H2,(H,18,20). The fourth-order valence-corrected chi connectivity index (χ4v) is 2.03. The number of ether oxygens (including phenoxy) is 1. The molecule has 21 heavy (non-hydrogen) atoms. The minimum Gasteiger partial charge on any atom is -0.507 e. The molecule has 0 aliphatic heterocycles. The molecule has 0 radical (unpaired) electrons. The number of aromatic hydroxyl groups is 1. The van der Waals surface area contributed by atoms with Gasteiger partial charge in [-0.1, -0.05) is 12.1 Å². The zero-order valence-electron chi connectivity index (χ0n) is 11.2. The fourth-order valence-electron chi connectivity index (χ4n) is 1.69. The molecular weight excluding hydrogens is 383 g/mol. The van der Waals surface area contributed by atoms with Crippen LogP contribution in [0.15, 0.2) is 42.5 Å². The normalized spacial score (nSPS) is 10.1. The van der Waals surface area contributed by atoms with Crippen molar-refractivity contribution in [3.05, 3.63) is 51.6 Å². The van der Waals surface area contributed by atoms with E-state index in [1.807, 2.05) is 34.7 Å². The number of phenols is 1. The molecule has 2 aromatic carbocycles. The maximum Gasteiger partial charge on any atom is 0.251 e. The number of halogens is 1. The van der Waals surface area contributed by atoms with Gasteiger partial charge in [-0.05, 0) is 52.9 Å². The second-order valence-corrected chi connectivity index (χ2v) is 5.47. The number of carbonyl (C=O) groups is 1. The van der Waals surface area contributed by atoms with Crippen LogP contribution in [0, 0.1) is 3.57 Å². The first-order valence-corrected chi connectivity index (χ1v) is 7.40. The van der Waals surface area contributed by atoms with E-state index in [4.69, 9.17) is 10.5 Å². The van der Waals surface area contributed by atoms with Gasteiger partial charge in [-0.15, -0.1) is 0 Å². The Morgan fingerprint density at radius 2 is 2.05 bits per heavy atom. The lowest BCUT2D eigenvalue weighted by molar-refractivity contribution is 0.0946. The molecule has 5 nitrogen and oxygen atoms in total. The van der Waals surface area contributed by atoms with Crippen LogP contribution in [-0.2, 0) is 0 Å².